The van der Waals surface area contributed by atoms with Crippen molar-refractivity contribution in [2.75, 3.05) is 11.9 Å². The molecule has 2 aromatic heterocycles. The SMILES string of the molecule is CCc1nc2ccc(Br)cn2c1N(C)C=O. The molecule has 0 aliphatic carbocycles. The first kappa shape index (κ1) is 11.1. The maximum atomic E-state index is 10.9. The summed E-state index contributed by atoms with van der Waals surface area (Å²) in [7, 11) is 1.73. The van der Waals surface area contributed by atoms with Crippen molar-refractivity contribution in [3.8, 4) is 0 Å². The van der Waals surface area contributed by atoms with Gasteiger partial charge in [-0.05, 0) is 34.5 Å². The summed E-state index contributed by atoms with van der Waals surface area (Å²) in [5.74, 6) is 0.828. The van der Waals surface area contributed by atoms with E-state index in [-0.39, 0.29) is 0 Å². The third kappa shape index (κ3) is 1.71. The summed E-state index contributed by atoms with van der Waals surface area (Å²) < 4.78 is 2.87. The number of hydrogen-bond acceptors (Lipinski definition) is 2. The fourth-order valence-corrected chi connectivity index (χ4v) is 2.05. The Morgan fingerprint density at radius 2 is 2.31 bits per heavy atom. The molecule has 0 saturated heterocycles. The van der Waals surface area contributed by atoms with E-state index in [0.29, 0.717) is 0 Å². The van der Waals surface area contributed by atoms with Crippen LogP contribution in [0.3, 0.4) is 0 Å². The lowest BCUT2D eigenvalue weighted by Gasteiger charge is -2.11. The van der Waals surface area contributed by atoms with E-state index in [1.165, 1.54) is 0 Å². The predicted octanol–water partition coefficient (Wildman–Crippen LogP) is 2.25. The van der Waals surface area contributed by atoms with E-state index in [1.807, 2.05) is 29.7 Å². The molecule has 0 aromatic carbocycles. The third-order valence-electron chi connectivity index (χ3n) is 2.45. The molecule has 2 rings (SSSR count). The standard InChI is InChI=1S/C11H12BrN3O/c1-3-9-11(14(2)7-16)15-6-8(12)4-5-10(15)13-9/h4-7H,3H2,1-2H3. The van der Waals surface area contributed by atoms with Crippen LogP contribution >= 0.6 is 15.9 Å². The number of anilines is 1. The number of aryl methyl sites for hydroxylation is 1. The van der Waals surface area contributed by atoms with Crippen molar-refractivity contribution in [1.82, 2.24) is 9.38 Å². The van der Waals surface area contributed by atoms with Crippen LogP contribution in [0.25, 0.3) is 5.65 Å². The highest BCUT2D eigenvalue weighted by Crippen LogP contribution is 2.23. The van der Waals surface area contributed by atoms with E-state index >= 15 is 0 Å². The van der Waals surface area contributed by atoms with E-state index in [4.69, 9.17) is 0 Å². The van der Waals surface area contributed by atoms with Crippen LogP contribution in [-0.2, 0) is 11.2 Å². The minimum absolute atomic E-state index is 0.795. The van der Waals surface area contributed by atoms with Gasteiger partial charge in [0.15, 0.2) is 0 Å². The monoisotopic (exact) mass is 281 g/mol. The zero-order chi connectivity index (χ0) is 11.7. The summed E-state index contributed by atoms with van der Waals surface area (Å²) in [6, 6.07) is 3.86. The lowest BCUT2D eigenvalue weighted by molar-refractivity contribution is -0.107. The van der Waals surface area contributed by atoms with Crippen LogP contribution < -0.4 is 4.90 Å². The second kappa shape index (κ2) is 4.25. The second-order valence-corrected chi connectivity index (χ2v) is 4.44. The molecule has 16 heavy (non-hydrogen) atoms. The zero-order valence-electron chi connectivity index (χ0n) is 9.14. The molecule has 0 N–H and O–H groups in total. The predicted molar refractivity (Wildman–Crippen MR) is 66.7 cm³/mol. The van der Waals surface area contributed by atoms with E-state index < -0.39 is 0 Å². The molecule has 0 unspecified atom stereocenters. The first-order chi connectivity index (χ1) is 7.67. The summed E-state index contributed by atoms with van der Waals surface area (Å²) in [5, 5.41) is 0. The summed E-state index contributed by atoms with van der Waals surface area (Å²) in [5.41, 5.74) is 1.77. The average molecular weight is 282 g/mol. The molecular weight excluding hydrogens is 270 g/mol. The fraction of sp³-hybridized carbons (Fsp3) is 0.273. The van der Waals surface area contributed by atoms with E-state index in [2.05, 4.69) is 20.9 Å². The number of aromatic nitrogens is 2. The van der Waals surface area contributed by atoms with Gasteiger partial charge in [-0.15, -0.1) is 0 Å². The average Bonchev–Trinajstić information content (AvgIpc) is 2.65. The topological polar surface area (TPSA) is 37.6 Å². The molecule has 4 nitrogen and oxygen atoms in total. The van der Waals surface area contributed by atoms with Gasteiger partial charge in [-0.2, -0.15) is 0 Å². The van der Waals surface area contributed by atoms with Crippen LogP contribution in [-0.4, -0.2) is 22.8 Å². The van der Waals surface area contributed by atoms with Crippen molar-refractivity contribution in [1.29, 1.82) is 0 Å². The first-order valence-corrected chi connectivity index (χ1v) is 5.81. The molecule has 1 amide bonds. The molecule has 84 valence electrons. The molecule has 2 heterocycles. The number of nitrogens with zero attached hydrogens (tertiary/aromatic N) is 3. The Morgan fingerprint density at radius 3 is 2.94 bits per heavy atom. The Morgan fingerprint density at radius 1 is 1.56 bits per heavy atom. The number of rotatable bonds is 3. The maximum Gasteiger partial charge on any atom is 0.215 e. The first-order valence-electron chi connectivity index (χ1n) is 5.02. The number of hydrogen-bond donors (Lipinski definition) is 0. The van der Waals surface area contributed by atoms with Gasteiger partial charge < -0.3 is 4.90 Å². The van der Waals surface area contributed by atoms with Crippen molar-refractivity contribution < 1.29 is 4.79 Å². The summed E-state index contributed by atoms with van der Waals surface area (Å²) in [6.45, 7) is 2.03. The minimum atomic E-state index is 0.795. The van der Waals surface area contributed by atoms with Gasteiger partial charge in [0.2, 0.25) is 6.41 Å². The van der Waals surface area contributed by atoms with Crippen LogP contribution in [0.2, 0.25) is 0 Å². The van der Waals surface area contributed by atoms with Crippen LogP contribution in [0.4, 0.5) is 5.82 Å². The van der Waals surface area contributed by atoms with E-state index in [1.54, 1.807) is 11.9 Å². The number of pyridine rings is 1. The Hall–Kier alpha value is -1.36. The maximum absolute atomic E-state index is 10.9. The molecule has 0 atom stereocenters. The Labute approximate surface area is 102 Å². The summed E-state index contributed by atoms with van der Waals surface area (Å²) in [6.07, 6.45) is 3.51. The number of halogens is 1. The van der Waals surface area contributed by atoms with Crippen LogP contribution in [0.1, 0.15) is 12.6 Å². The Balaban J connectivity index is 2.75. The highest BCUT2D eigenvalue weighted by Gasteiger charge is 2.14. The van der Waals surface area contributed by atoms with Crippen LogP contribution in [0.5, 0.6) is 0 Å². The Kier molecular flexibility index (Phi) is 2.96. The molecule has 0 aliphatic rings. The number of imidazole rings is 1. The summed E-state index contributed by atoms with van der Waals surface area (Å²) >= 11 is 3.41. The van der Waals surface area contributed by atoms with Gasteiger partial charge in [0.05, 0.1) is 5.69 Å². The summed E-state index contributed by atoms with van der Waals surface area (Å²) in [4.78, 5) is 16.9. The van der Waals surface area contributed by atoms with Crippen molar-refractivity contribution in [2.45, 2.75) is 13.3 Å². The van der Waals surface area contributed by atoms with Gasteiger partial charge in [-0.3, -0.25) is 9.20 Å². The molecule has 0 saturated carbocycles. The van der Waals surface area contributed by atoms with Gasteiger partial charge in [0.1, 0.15) is 11.5 Å². The molecule has 0 fully saturated rings. The number of fused-ring (bicyclic) bond motifs is 1. The highest BCUT2D eigenvalue weighted by atomic mass is 79.9. The second-order valence-electron chi connectivity index (χ2n) is 3.53. The molecule has 0 aliphatic heterocycles. The van der Waals surface area contributed by atoms with Crippen molar-refractivity contribution in [3.05, 3.63) is 28.5 Å². The lowest BCUT2D eigenvalue weighted by Crippen LogP contribution is -2.17. The van der Waals surface area contributed by atoms with Gasteiger partial charge in [0, 0.05) is 17.7 Å². The van der Waals surface area contributed by atoms with Crippen LogP contribution in [0.15, 0.2) is 22.8 Å². The van der Waals surface area contributed by atoms with Gasteiger partial charge >= 0.3 is 0 Å². The van der Waals surface area contributed by atoms with Crippen molar-refractivity contribution >= 4 is 33.8 Å². The molecular formula is C11H12BrN3O. The quantitative estimate of drug-likeness (QED) is 0.810. The number of carbonyl (C=O) groups excluding carboxylic acids is 1. The normalized spacial score (nSPS) is 10.7. The van der Waals surface area contributed by atoms with Gasteiger partial charge in [0.25, 0.3) is 0 Å². The van der Waals surface area contributed by atoms with Gasteiger partial charge in [-0.25, -0.2) is 4.98 Å². The smallest absolute Gasteiger partial charge is 0.215 e. The number of carbonyl (C=O) groups is 1. The van der Waals surface area contributed by atoms with E-state index in [9.17, 15) is 4.79 Å². The molecule has 5 heteroatoms. The lowest BCUT2D eigenvalue weighted by atomic mass is 10.3. The zero-order valence-corrected chi connectivity index (χ0v) is 10.7. The molecule has 0 radical (unpaired) electrons. The molecule has 0 spiro atoms. The fourth-order valence-electron chi connectivity index (χ4n) is 1.72. The number of amides is 1. The van der Waals surface area contributed by atoms with Crippen molar-refractivity contribution in [2.24, 2.45) is 0 Å². The van der Waals surface area contributed by atoms with Crippen LogP contribution in [0, 0.1) is 0 Å². The molecule has 2 aromatic rings. The third-order valence-corrected chi connectivity index (χ3v) is 2.92. The Bertz CT molecular complexity index is 535. The highest BCUT2D eigenvalue weighted by molar-refractivity contribution is 9.10. The molecule has 0 bridgehead atoms. The van der Waals surface area contributed by atoms with E-state index in [0.717, 1.165) is 34.5 Å². The van der Waals surface area contributed by atoms with Crippen molar-refractivity contribution in [3.63, 3.8) is 0 Å². The largest absolute Gasteiger partial charge is 0.302 e. The minimum Gasteiger partial charge on any atom is -0.302 e. The van der Waals surface area contributed by atoms with Gasteiger partial charge in [-0.1, -0.05) is 6.92 Å².